The van der Waals surface area contributed by atoms with Crippen molar-refractivity contribution in [1.29, 1.82) is 5.26 Å². The number of aryl methyl sites for hydroxylation is 1. The summed E-state index contributed by atoms with van der Waals surface area (Å²) in [5.41, 5.74) is 2.98. The lowest BCUT2D eigenvalue weighted by atomic mass is 10.1. The number of benzene rings is 2. The molecule has 0 aliphatic rings. The summed E-state index contributed by atoms with van der Waals surface area (Å²) in [4.78, 5) is 12.1. The number of hydrogen-bond donors (Lipinski definition) is 2. The summed E-state index contributed by atoms with van der Waals surface area (Å²) in [6, 6.07) is 16.9. The van der Waals surface area contributed by atoms with E-state index in [9.17, 15) is 4.79 Å². The minimum Gasteiger partial charge on any atom is -0.360 e. The summed E-state index contributed by atoms with van der Waals surface area (Å²) >= 11 is 5.82. The van der Waals surface area contributed by atoms with Crippen molar-refractivity contribution in [2.45, 2.75) is 19.9 Å². The first-order chi connectivity index (χ1) is 11.6. The molecule has 0 saturated carbocycles. The Morgan fingerprint density at radius 2 is 1.75 bits per heavy atom. The van der Waals surface area contributed by atoms with Crippen LogP contribution in [0.15, 0.2) is 60.3 Å². The topological polar surface area (TPSA) is 64.9 Å². The van der Waals surface area contributed by atoms with Crippen LogP contribution in [0.4, 0.5) is 5.69 Å². The molecule has 0 aliphatic heterocycles. The van der Waals surface area contributed by atoms with Crippen LogP contribution in [-0.4, -0.2) is 5.91 Å². The lowest BCUT2D eigenvalue weighted by Gasteiger charge is -2.06. The summed E-state index contributed by atoms with van der Waals surface area (Å²) in [5.74, 6) is -0.426. The maximum absolute atomic E-state index is 12.1. The van der Waals surface area contributed by atoms with E-state index in [1.165, 1.54) is 11.8 Å². The van der Waals surface area contributed by atoms with Crippen LogP contribution in [0.3, 0.4) is 0 Å². The van der Waals surface area contributed by atoms with Crippen LogP contribution in [0.5, 0.6) is 0 Å². The van der Waals surface area contributed by atoms with Gasteiger partial charge in [0.05, 0.1) is 0 Å². The molecule has 0 aliphatic carbocycles. The van der Waals surface area contributed by atoms with Crippen molar-refractivity contribution in [3.05, 3.63) is 76.5 Å². The summed E-state index contributed by atoms with van der Waals surface area (Å²) in [6.45, 7) is 2.42. The number of halogens is 1. The average molecular weight is 340 g/mol. The molecule has 0 heterocycles. The maximum atomic E-state index is 12.1. The lowest BCUT2D eigenvalue weighted by molar-refractivity contribution is -0.117. The number of nitrogens with one attached hydrogen (secondary N) is 2. The molecule has 0 spiro atoms. The lowest BCUT2D eigenvalue weighted by Crippen LogP contribution is -2.24. The number of rotatable bonds is 6. The van der Waals surface area contributed by atoms with E-state index in [0.717, 1.165) is 17.7 Å². The van der Waals surface area contributed by atoms with Gasteiger partial charge in [0.25, 0.3) is 5.91 Å². The van der Waals surface area contributed by atoms with Crippen molar-refractivity contribution in [2.24, 2.45) is 0 Å². The standard InChI is InChI=1S/C19H18ClN3O/c1-2-14-5-9-18(10-6-14)22-13-16(11-21)19(24)23-12-15-3-7-17(20)8-4-15/h3-10,13,22H,2,12H2,1H3,(H,23,24)/b16-13-. The zero-order chi connectivity index (χ0) is 17.4. The highest BCUT2D eigenvalue weighted by Gasteiger charge is 2.08. The summed E-state index contributed by atoms with van der Waals surface area (Å²) in [6.07, 6.45) is 2.38. The van der Waals surface area contributed by atoms with Crippen molar-refractivity contribution in [1.82, 2.24) is 5.32 Å². The van der Waals surface area contributed by atoms with Crippen LogP contribution in [0.25, 0.3) is 0 Å². The van der Waals surface area contributed by atoms with Gasteiger partial charge >= 0.3 is 0 Å². The van der Waals surface area contributed by atoms with Crippen molar-refractivity contribution < 1.29 is 4.79 Å². The molecule has 0 aromatic heterocycles. The van der Waals surface area contributed by atoms with Crippen LogP contribution in [0, 0.1) is 11.3 Å². The van der Waals surface area contributed by atoms with Crippen LogP contribution in [0.2, 0.25) is 5.02 Å². The maximum Gasteiger partial charge on any atom is 0.263 e. The molecule has 2 N–H and O–H groups in total. The van der Waals surface area contributed by atoms with Gasteiger partial charge in [-0.2, -0.15) is 5.26 Å². The van der Waals surface area contributed by atoms with Gasteiger partial charge in [0.1, 0.15) is 11.6 Å². The van der Waals surface area contributed by atoms with Gasteiger partial charge in [-0.1, -0.05) is 42.8 Å². The van der Waals surface area contributed by atoms with E-state index < -0.39 is 5.91 Å². The molecule has 0 radical (unpaired) electrons. The van der Waals surface area contributed by atoms with Crippen molar-refractivity contribution in [2.75, 3.05) is 5.32 Å². The zero-order valence-corrected chi connectivity index (χ0v) is 14.1. The molecule has 2 aromatic rings. The molecule has 0 atom stereocenters. The van der Waals surface area contributed by atoms with E-state index in [2.05, 4.69) is 17.6 Å². The Morgan fingerprint density at radius 3 is 2.33 bits per heavy atom. The first-order valence-electron chi connectivity index (χ1n) is 7.60. The number of nitriles is 1. The molecule has 122 valence electrons. The largest absolute Gasteiger partial charge is 0.360 e. The number of hydrogen-bond acceptors (Lipinski definition) is 3. The van der Waals surface area contributed by atoms with Gasteiger partial charge in [0, 0.05) is 23.5 Å². The Hall–Kier alpha value is -2.77. The fourth-order valence-corrected chi connectivity index (χ4v) is 2.15. The van der Waals surface area contributed by atoms with Gasteiger partial charge in [-0.15, -0.1) is 0 Å². The summed E-state index contributed by atoms with van der Waals surface area (Å²) in [5, 5.41) is 15.5. The number of anilines is 1. The van der Waals surface area contributed by atoms with E-state index in [-0.39, 0.29) is 5.57 Å². The molecule has 0 fully saturated rings. The molecular formula is C19H18ClN3O. The quantitative estimate of drug-likeness (QED) is 0.616. The van der Waals surface area contributed by atoms with Gasteiger partial charge in [-0.05, 0) is 41.8 Å². The Kier molecular flexibility index (Phi) is 6.41. The highest BCUT2D eigenvalue weighted by atomic mass is 35.5. The molecule has 1 amide bonds. The number of carbonyl (C=O) groups is 1. The minimum absolute atomic E-state index is 0.0172. The second-order valence-electron chi connectivity index (χ2n) is 5.17. The third-order valence-electron chi connectivity index (χ3n) is 3.48. The minimum atomic E-state index is -0.426. The van der Waals surface area contributed by atoms with E-state index in [0.29, 0.717) is 11.6 Å². The fraction of sp³-hybridized carbons (Fsp3) is 0.158. The van der Waals surface area contributed by atoms with Crippen LogP contribution in [-0.2, 0) is 17.8 Å². The summed E-state index contributed by atoms with van der Waals surface area (Å²) in [7, 11) is 0. The molecule has 2 aromatic carbocycles. The molecule has 24 heavy (non-hydrogen) atoms. The van der Waals surface area contributed by atoms with Crippen LogP contribution >= 0.6 is 11.6 Å². The molecule has 4 nitrogen and oxygen atoms in total. The third kappa shape index (κ3) is 5.15. The molecule has 0 bridgehead atoms. The Balaban J connectivity index is 1.94. The van der Waals surface area contributed by atoms with Crippen molar-refractivity contribution in [3.8, 4) is 6.07 Å². The van der Waals surface area contributed by atoms with E-state index >= 15 is 0 Å². The Bertz CT molecular complexity index is 759. The van der Waals surface area contributed by atoms with E-state index in [1.807, 2.05) is 42.5 Å². The second kappa shape index (κ2) is 8.76. The zero-order valence-electron chi connectivity index (χ0n) is 13.3. The predicted octanol–water partition coefficient (Wildman–Crippen LogP) is 4.04. The normalized spacial score (nSPS) is 10.8. The van der Waals surface area contributed by atoms with Crippen LogP contribution in [0.1, 0.15) is 18.1 Å². The van der Waals surface area contributed by atoms with E-state index in [4.69, 9.17) is 16.9 Å². The molecule has 5 heteroatoms. The SMILES string of the molecule is CCc1ccc(N/C=C(/C#N)C(=O)NCc2ccc(Cl)cc2)cc1. The molecule has 2 rings (SSSR count). The average Bonchev–Trinajstić information content (AvgIpc) is 2.62. The fourth-order valence-electron chi connectivity index (χ4n) is 2.02. The smallest absolute Gasteiger partial charge is 0.263 e. The first kappa shape index (κ1) is 17.6. The van der Waals surface area contributed by atoms with E-state index in [1.54, 1.807) is 12.1 Å². The predicted molar refractivity (Wildman–Crippen MR) is 96.4 cm³/mol. The Morgan fingerprint density at radius 1 is 1.12 bits per heavy atom. The van der Waals surface area contributed by atoms with Gasteiger partial charge in [0.2, 0.25) is 0 Å². The molecule has 0 saturated heterocycles. The number of carbonyl (C=O) groups excluding carboxylic acids is 1. The molecular weight excluding hydrogens is 322 g/mol. The van der Waals surface area contributed by atoms with Gasteiger partial charge < -0.3 is 10.6 Å². The number of nitrogens with zero attached hydrogens (tertiary/aromatic N) is 1. The molecule has 0 unspecified atom stereocenters. The van der Waals surface area contributed by atoms with Gasteiger partial charge in [-0.3, -0.25) is 4.79 Å². The van der Waals surface area contributed by atoms with Gasteiger partial charge in [0.15, 0.2) is 0 Å². The monoisotopic (exact) mass is 339 g/mol. The van der Waals surface area contributed by atoms with Crippen molar-refractivity contribution >= 4 is 23.2 Å². The third-order valence-corrected chi connectivity index (χ3v) is 3.73. The second-order valence-corrected chi connectivity index (χ2v) is 5.61. The summed E-state index contributed by atoms with van der Waals surface area (Å²) < 4.78 is 0. The Labute approximate surface area is 146 Å². The highest BCUT2D eigenvalue weighted by Crippen LogP contribution is 2.11. The van der Waals surface area contributed by atoms with Crippen LogP contribution < -0.4 is 10.6 Å². The van der Waals surface area contributed by atoms with Gasteiger partial charge in [-0.25, -0.2) is 0 Å². The number of amides is 1. The first-order valence-corrected chi connectivity index (χ1v) is 7.98. The highest BCUT2D eigenvalue weighted by molar-refractivity contribution is 6.30. The van der Waals surface area contributed by atoms with Crippen molar-refractivity contribution in [3.63, 3.8) is 0 Å².